The zero-order valence-electron chi connectivity index (χ0n) is 12.4. The summed E-state index contributed by atoms with van der Waals surface area (Å²) in [4.78, 5) is 39.5. The molecule has 22 heavy (non-hydrogen) atoms. The lowest BCUT2D eigenvalue weighted by Crippen LogP contribution is -2.52. The third-order valence-electron chi connectivity index (χ3n) is 4.10. The van der Waals surface area contributed by atoms with E-state index in [1.807, 2.05) is 31.1 Å². The number of hydrogen-bond donors (Lipinski definition) is 1. The van der Waals surface area contributed by atoms with Gasteiger partial charge in [0.25, 0.3) is 5.91 Å². The highest BCUT2D eigenvalue weighted by molar-refractivity contribution is 14.1. The first-order chi connectivity index (χ1) is 10.4. The molecule has 0 aromatic heterocycles. The van der Waals surface area contributed by atoms with Crippen LogP contribution < -0.4 is 10.2 Å². The van der Waals surface area contributed by atoms with Gasteiger partial charge in [0.2, 0.25) is 11.8 Å². The van der Waals surface area contributed by atoms with E-state index in [4.69, 9.17) is 0 Å². The van der Waals surface area contributed by atoms with Crippen LogP contribution in [0.5, 0.6) is 0 Å². The van der Waals surface area contributed by atoms with Crippen LogP contribution in [0.1, 0.15) is 28.8 Å². The topological polar surface area (TPSA) is 69.7 Å². The first-order valence-corrected chi connectivity index (χ1v) is 8.10. The Hall–Kier alpha value is -1.64. The second-order valence-electron chi connectivity index (χ2n) is 5.75. The van der Waals surface area contributed by atoms with Gasteiger partial charge < -0.3 is 9.80 Å². The summed E-state index contributed by atoms with van der Waals surface area (Å²) >= 11 is 2.22. The highest BCUT2D eigenvalue weighted by Crippen LogP contribution is 2.33. The fraction of sp³-hybridized carbons (Fsp3) is 0.400. The maximum Gasteiger partial charge on any atom is 0.255 e. The van der Waals surface area contributed by atoms with Crippen LogP contribution in [0.2, 0.25) is 0 Å². The quantitative estimate of drug-likeness (QED) is 0.583. The van der Waals surface area contributed by atoms with Crippen LogP contribution in [0, 0.1) is 3.57 Å². The Balaban J connectivity index is 1.93. The van der Waals surface area contributed by atoms with Gasteiger partial charge in [-0.3, -0.25) is 19.7 Å². The largest absolute Gasteiger partial charge is 0.378 e. The molecule has 1 N–H and O–H groups in total. The molecule has 0 saturated carbocycles. The van der Waals surface area contributed by atoms with Crippen molar-refractivity contribution in [1.29, 1.82) is 0 Å². The van der Waals surface area contributed by atoms with Gasteiger partial charge in [-0.25, -0.2) is 0 Å². The van der Waals surface area contributed by atoms with Gasteiger partial charge in [-0.1, -0.05) is 0 Å². The number of halogens is 1. The summed E-state index contributed by atoms with van der Waals surface area (Å²) in [7, 11) is 3.85. The SMILES string of the molecule is CN(C)c1cc(I)c2c(c1)C(=O)N(C1CCC(=O)NC1=O)C2. The standard InChI is InChI=1S/C15H16IN3O3/c1-18(2)8-5-9-10(11(16)6-8)7-19(15(9)22)12-3-4-13(20)17-14(12)21/h5-6,12H,3-4,7H2,1-2H3,(H,17,20,21). The molecule has 0 bridgehead atoms. The monoisotopic (exact) mass is 413 g/mol. The van der Waals surface area contributed by atoms with Gasteiger partial charge in [0.15, 0.2) is 0 Å². The summed E-state index contributed by atoms with van der Waals surface area (Å²) < 4.78 is 1.02. The van der Waals surface area contributed by atoms with Crippen LogP contribution in [0.4, 0.5) is 5.69 Å². The highest BCUT2D eigenvalue weighted by atomic mass is 127. The Morgan fingerprint density at radius 2 is 2.00 bits per heavy atom. The molecule has 116 valence electrons. The third-order valence-corrected chi connectivity index (χ3v) is 5.07. The molecule has 7 heteroatoms. The first-order valence-electron chi connectivity index (χ1n) is 7.03. The molecular formula is C15H16IN3O3. The number of piperidine rings is 1. The predicted octanol–water partition coefficient (Wildman–Crippen LogP) is 1.12. The maximum atomic E-state index is 12.7. The lowest BCUT2D eigenvalue weighted by atomic mass is 10.0. The van der Waals surface area contributed by atoms with Gasteiger partial charge in [-0.2, -0.15) is 0 Å². The molecule has 1 aromatic carbocycles. The minimum Gasteiger partial charge on any atom is -0.378 e. The normalized spacial score (nSPS) is 21.0. The summed E-state index contributed by atoms with van der Waals surface area (Å²) in [6.07, 6.45) is 0.665. The number of imide groups is 1. The molecule has 1 fully saturated rings. The van der Waals surface area contributed by atoms with Crippen molar-refractivity contribution in [2.75, 3.05) is 19.0 Å². The molecule has 0 aliphatic carbocycles. The number of anilines is 1. The van der Waals surface area contributed by atoms with Crippen LogP contribution in [0.3, 0.4) is 0 Å². The highest BCUT2D eigenvalue weighted by Gasteiger charge is 2.39. The Kier molecular flexibility index (Phi) is 3.84. The van der Waals surface area contributed by atoms with Gasteiger partial charge in [0.1, 0.15) is 6.04 Å². The molecule has 2 aliphatic rings. The molecule has 3 rings (SSSR count). The number of rotatable bonds is 2. The Morgan fingerprint density at radius 3 is 2.64 bits per heavy atom. The van der Waals surface area contributed by atoms with E-state index in [2.05, 4.69) is 27.9 Å². The number of nitrogens with zero attached hydrogens (tertiary/aromatic N) is 2. The minimum atomic E-state index is -0.559. The number of amides is 3. The van der Waals surface area contributed by atoms with Crippen LogP contribution in [-0.4, -0.2) is 42.8 Å². The molecular weight excluding hydrogens is 397 g/mol. The van der Waals surface area contributed by atoms with Gasteiger partial charge in [-0.05, 0) is 46.7 Å². The number of carbonyl (C=O) groups is 3. The molecule has 1 saturated heterocycles. The lowest BCUT2D eigenvalue weighted by Gasteiger charge is -2.29. The molecule has 1 unspecified atom stereocenters. The molecule has 1 aromatic rings. The molecule has 2 aliphatic heterocycles. The summed E-state index contributed by atoms with van der Waals surface area (Å²) in [6, 6.07) is 3.34. The average Bonchev–Trinajstić information content (AvgIpc) is 2.77. The van der Waals surface area contributed by atoms with E-state index in [9.17, 15) is 14.4 Å². The zero-order valence-corrected chi connectivity index (χ0v) is 14.5. The zero-order chi connectivity index (χ0) is 16.0. The van der Waals surface area contributed by atoms with Crippen molar-refractivity contribution in [1.82, 2.24) is 10.2 Å². The Morgan fingerprint density at radius 1 is 1.27 bits per heavy atom. The Bertz CT molecular complexity index is 687. The summed E-state index contributed by atoms with van der Waals surface area (Å²) in [5.41, 5.74) is 2.57. The van der Waals surface area contributed by atoms with E-state index in [-0.39, 0.29) is 24.1 Å². The minimum absolute atomic E-state index is 0.133. The van der Waals surface area contributed by atoms with Crippen molar-refractivity contribution in [3.05, 3.63) is 26.8 Å². The summed E-state index contributed by atoms with van der Waals surface area (Å²) in [5, 5.41) is 2.32. The van der Waals surface area contributed by atoms with Crippen LogP contribution in [0.15, 0.2) is 12.1 Å². The third kappa shape index (κ3) is 2.47. The number of fused-ring (bicyclic) bond motifs is 1. The van der Waals surface area contributed by atoms with Crippen molar-refractivity contribution in [2.24, 2.45) is 0 Å². The molecule has 6 nitrogen and oxygen atoms in total. The van der Waals surface area contributed by atoms with Gasteiger partial charge in [0, 0.05) is 41.9 Å². The van der Waals surface area contributed by atoms with E-state index >= 15 is 0 Å². The number of benzene rings is 1. The van der Waals surface area contributed by atoms with Crippen LogP contribution >= 0.6 is 22.6 Å². The second-order valence-corrected chi connectivity index (χ2v) is 6.91. The van der Waals surface area contributed by atoms with E-state index < -0.39 is 6.04 Å². The van der Waals surface area contributed by atoms with Crippen molar-refractivity contribution in [3.63, 3.8) is 0 Å². The average molecular weight is 413 g/mol. The molecule has 1 atom stereocenters. The molecule has 0 radical (unpaired) electrons. The van der Waals surface area contributed by atoms with Crippen molar-refractivity contribution in [2.45, 2.75) is 25.4 Å². The van der Waals surface area contributed by atoms with E-state index in [1.54, 1.807) is 4.90 Å². The predicted molar refractivity (Wildman–Crippen MR) is 89.5 cm³/mol. The van der Waals surface area contributed by atoms with E-state index in [1.165, 1.54) is 0 Å². The fourth-order valence-corrected chi connectivity index (χ4v) is 3.64. The van der Waals surface area contributed by atoms with Crippen LogP contribution in [-0.2, 0) is 16.1 Å². The number of nitrogens with one attached hydrogen (secondary N) is 1. The number of carbonyl (C=O) groups excluding carboxylic acids is 3. The second kappa shape index (κ2) is 5.53. The van der Waals surface area contributed by atoms with Crippen molar-refractivity contribution in [3.8, 4) is 0 Å². The molecule has 2 heterocycles. The Labute approximate surface area is 142 Å². The molecule has 0 spiro atoms. The van der Waals surface area contributed by atoms with Gasteiger partial charge >= 0.3 is 0 Å². The van der Waals surface area contributed by atoms with Crippen LogP contribution in [0.25, 0.3) is 0 Å². The van der Waals surface area contributed by atoms with Crippen molar-refractivity contribution < 1.29 is 14.4 Å². The number of hydrogen-bond acceptors (Lipinski definition) is 4. The first kappa shape index (κ1) is 15.3. The summed E-state index contributed by atoms with van der Waals surface area (Å²) in [5.74, 6) is -0.777. The maximum absolute atomic E-state index is 12.7. The summed E-state index contributed by atoms with van der Waals surface area (Å²) in [6.45, 7) is 0.423. The fourth-order valence-electron chi connectivity index (χ4n) is 2.86. The van der Waals surface area contributed by atoms with Gasteiger partial charge in [0.05, 0.1) is 0 Å². The molecule has 3 amide bonds. The lowest BCUT2D eigenvalue weighted by molar-refractivity contribution is -0.136. The van der Waals surface area contributed by atoms with Crippen molar-refractivity contribution >= 4 is 46.0 Å². The van der Waals surface area contributed by atoms with Gasteiger partial charge in [-0.15, -0.1) is 0 Å². The van der Waals surface area contributed by atoms with E-state index in [0.717, 1.165) is 14.8 Å². The van der Waals surface area contributed by atoms with E-state index in [0.29, 0.717) is 18.5 Å². The smallest absolute Gasteiger partial charge is 0.255 e.